The van der Waals surface area contributed by atoms with Gasteiger partial charge in [0.1, 0.15) is 0 Å². The zero-order valence-corrected chi connectivity index (χ0v) is 10.6. The highest BCUT2D eigenvalue weighted by molar-refractivity contribution is 5.25. The molecule has 2 aliphatic carbocycles. The molecule has 0 aromatic carbocycles. The van der Waals surface area contributed by atoms with Gasteiger partial charge in [-0.05, 0) is 62.4 Å². The van der Waals surface area contributed by atoms with Crippen LogP contribution in [0.1, 0.15) is 46.0 Å². The number of aliphatic hydroxyl groups excluding tert-OH is 1. The van der Waals surface area contributed by atoms with Crippen LogP contribution in [0.25, 0.3) is 0 Å². The quantitative estimate of drug-likeness (QED) is 0.704. The molecule has 0 radical (unpaired) electrons. The molecular formula is C15H24O. The zero-order valence-electron chi connectivity index (χ0n) is 10.6. The lowest BCUT2D eigenvalue weighted by atomic mass is 9.86. The molecule has 2 rings (SSSR count). The van der Waals surface area contributed by atoms with Gasteiger partial charge in [-0.15, -0.1) is 0 Å². The molecule has 90 valence electrons. The van der Waals surface area contributed by atoms with Crippen LogP contribution in [0.4, 0.5) is 0 Å². The van der Waals surface area contributed by atoms with Gasteiger partial charge >= 0.3 is 0 Å². The van der Waals surface area contributed by atoms with Crippen molar-refractivity contribution in [2.45, 2.75) is 46.0 Å². The summed E-state index contributed by atoms with van der Waals surface area (Å²) in [7, 11) is 0. The third-order valence-corrected chi connectivity index (χ3v) is 4.73. The first kappa shape index (κ1) is 11.9. The van der Waals surface area contributed by atoms with E-state index in [1.54, 1.807) is 11.1 Å². The Morgan fingerprint density at radius 1 is 1.38 bits per heavy atom. The van der Waals surface area contributed by atoms with Crippen LogP contribution in [0.15, 0.2) is 23.3 Å². The number of allylic oxidation sites excluding steroid dienone is 2. The Bertz CT molecular complexity index is 313. The van der Waals surface area contributed by atoms with Crippen molar-refractivity contribution in [2.24, 2.45) is 17.8 Å². The Morgan fingerprint density at radius 3 is 2.81 bits per heavy atom. The molecule has 0 amide bonds. The first-order valence-electron chi connectivity index (χ1n) is 6.60. The molecule has 0 heterocycles. The van der Waals surface area contributed by atoms with Gasteiger partial charge in [-0.1, -0.05) is 24.6 Å². The highest BCUT2D eigenvalue weighted by atomic mass is 16.3. The van der Waals surface area contributed by atoms with Crippen LogP contribution in [-0.2, 0) is 0 Å². The summed E-state index contributed by atoms with van der Waals surface area (Å²) in [6.07, 6.45) is 6.34. The fourth-order valence-electron chi connectivity index (χ4n) is 3.49. The first-order valence-corrected chi connectivity index (χ1v) is 6.60. The van der Waals surface area contributed by atoms with E-state index in [0.29, 0.717) is 5.92 Å². The van der Waals surface area contributed by atoms with Crippen molar-refractivity contribution in [2.75, 3.05) is 6.61 Å². The van der Waals surface area contributed by atoms with Crippen LogP contribution >= 0.6 is 0 Å². The van der Waals surface area contributed by atoms with E-state index in [9.17, 15) is 5.11 Å². The average Bonchev–Trinajstić information content (AvgIpc) is 2.55. The Kier molecular flexibility index (Phi) is 3.53. The van der Waals surface area contributed by atoms with Crippen molar-refractivity contribution < 1.29 is 5.11 Å². The van der Waals surface area contributed by atoms with Gasteiger partial charge in [-0.25, -0.2) is 0 Å². The second kappa shape index (κ2) is 4.75. The molecule has 1 heteroatoms. The molecule has 2 aliphatic rings. The van der Waals surface area contributed by atoms with E-state index in [0.717, 1.165) is 17.4 Å². The molecule has 0 saturated heterocycles. The zero-order chi connectivity index (χ0) is 11.7. The van der Waals surface area contributed by atoms with Crippen molar-refractivity contribution in [3.63, 3.8) is 0 Å². The molecule has 0 bridgehead atoms. The summed E-state index contributed by atoms with van der Waals surface area (Å²) in [5, 5.41) is 9.24. The summed E-state index contributed by atoms with van der Waals surface area (Å²) in [5.74, 6) is 2.18. The third-order valence-electron chi connectivity index (χ3n) is 4.73. The van der Waals surface area contributed by atoms with Gasteiger partial charge < -0.3 is 5.11 Å². The van der Waals surface area contributed by atoms with Crippen LogP contribution in [0.3, 0.4) is 0 Å². The summed E-state index contributed by atoms with van der Waals surface area (Å²) in [6.45, 7) is 8.89. The van der Waals surface area contributed by atoms with Crippen molar-refractivity contribution in [3.05, 3.63) is 23.3 Å². The smallest absolute Gasteiger partial charge is 0.0641 e. The van der Waals surface area contributed by atoms with Gasteiger partial charge in [-0.2, -0.15) is 0 Å². The average molecular weight is 220 g/mol. The van der Waals surface area contributed by atoms with Gasteiger partial charge in [0.25, 0.3) is 0 Å². The van der Waals surface area contributed by atoms with Gasteiger partial charge in [0.15, 0.2) is 0 Å². The third kappa shape index (κ3) is 2.10. The van der Waals surface area contributed by atoms with E-state index in [4.69, 9.17) is 0 Å². The molecule has 0 spiro atoms. The monoisotopic (exact) mass is 220 g/mol. The lowest BCUT2D eigenvalue weighted by Gasteiger charge is -2.19. The fourth-order valence-corrected chi connectivity index (χ4v) is 3.49. The van der Waals surface area contributed by atoms with E-state index in [1.165, 1.54) is 32.1 Å². The Labute approximate surface area is 99.3 Å². The minimum atomic E-state index is 0.163. The lowest BCUT2D eigenvalue weighted by Crippen LogP contribution is -2.09. The fraction of sp³-hybridized carbons (Fsp3) is 0.733. The Morgan fingerprint density at radius 2 is 2.12 bits per heavy atom. The molecule has 1 saturated carbocycles. The SMILES string of the molecule is C=C(CO)C1CCC(C)C2CCC(C)=C2C1. The maximum absolute atomic E-state index is 9.24. The van der Waals surface area contributed by atoms with Crippen LogP contribution in [0, 0.1) is 17.8 Å². The van der Waals surface area contributed by atoms with Crippen molar-refractivity contribution in [3.8, 4) is 0 Å². The van der Waals surface area contributed by atoms with Gasteiger partial charge in [-0.3, -0.25) is 0 Å². The van der Waals surface area contributed by atoms with E-state index in [1.807, 2.05) is 0 Å². The standard InChI is InChI=1S/C15H24O/c1-10-4-6-13(12(3)9-16)8-15-11(2)5-7-14(10)15/h10,13-14,16H,3-9H2,1-2H3. The van der Waals surface area contributed by atoms with Gasteiger partial charge in [0.2, 0.25) is 0 Å². The van der Waals surface area contributed by atoms with E-state index >= 15 is 0 Å². The molecule has 3 atom stereocenters. The summed E-state index contributed by atoms with van der Waals surface area (Å²) in [4.78, 5) is 0. The topological polar surface area (TPSA) is 20.2 Å². The van der Waals surface area contributed by atoms with E-state index in [-0.39, 0.29) is 6.61 Å². The molecule has 1 N–H and O–H groups in total. The summed E-state index contributed by atoms with van der Waals surface area (Å²) in [5.41, 5.74) is 4.36. The second-order valence-electron chi connectivity index (χ2n) is 5.72. The Balaban J connectivity index is 2.19. The molecule has 1 fully saturated rings. The van der Waals surface area contributed by atoms with Crippen molar-refractivity contribution in [1.29, 1.82) is 0 Å². The minimum absolute atomic E-state index is 0.163. The van der Waals surface area contributed by atoms with Crippen molar-refractivity contribution >= 4 is 0 Å². The first-order chi connectivity index (χ1) is 7.63. The van der Waals surface area contributed by atoms with Crippen molar-refractivity contribution in [1.82, 2.24) is 0 Å². The highest BCUT2D eigenvalue weighted by Crippen LogP contribution is 2.46. The van der Waals surface area contributed by atoms with Crippen LogP contribution in [-0.4, -0.2) is 11.7 Å². The maximum atomic E-state index is 9.24. The predicted molar refractivity (Wildman–Crippen MR) is 68.2 cm³/mol. The summed E-state index contributed by atoms with van der Waals surface area (Å²) >= 11 is 0. The number of fused-ring (bicyclic) bond motifs is 1. The summed E-state index contributed by atoms with van der Waals surface area (Å²) in [6, 6.07) is 0. The highest BCUT2D eigenvalue weighted by Gasteiger charge is 2.33. The minimum Gasteiger partial charge on any atom is -0.392 e. The molecule has 3 unspecified atom stereocenters. The number of hydrogen-bond donors (Lipinski definition) is 1. The summed E-state index contributed by atoms with van der Waals surface area (Å²) < 4.78 is 0. The largest absolute Gasteiger partial charge is 0.392 e. The molecule has 0 aromatic rings. The molecule has 0 aliphatic heterocycles. The predicted octanol–water partition coefficient (Wildman–Crippen LogP) is 3.70. The normalized spacial score (nSPS) is 34.8. The second-order valence-corrected chi connectivity index (χ2v) is 5.72. The maximum Gasteiger partial charge on any atom is 0.0641 e. The molecule has 0 aromatic heterocycles. The number of hydrogen-bond acceptors (Lipinski definition) is 1. The lowest BCUT2D eigenvalue weighted by molar-refractivity contribution is 0.308. The van der Waals surface area contributed by atoms with Crippen LogP contribution < -0.4 is 0 Å². The van der Waals surface area contributed by atoms with Crippen LogP contribution in [0.5, 0.6) is 0 Å². The molecule has 16 heavy (non-hydrogen) atoms. The molecular weight excluding hydrogens is 196 g/mol. The number of rotatable bonds is 2. The van der Waals surface area contributed by atoms with E-state index in [2.05, 4.69) is 20.4 Å². The van der Waals surface area contributed by atoms with Crippen LogP contribution in [0.2, 0.25) is 0 Å². The van der Waals surface area contributed by atoms with E-state index < -0.39 is 0 Å². The number of aliphatic hydroxyl groups is 1. The van der Waals surface area contributed by atoms with Gasteiger partial charge in [0, 0.05) is 0 Å². The molecule has 1 nitrogen and oxygen atoms in total. The Hall–Kier alpha value is -0.560. The van der Waals surface area contributed by atoms with Gasteiger partial charge in [0.05, 0.1) is 6.61 Å².